The fourth-order valence-electron chi connectivity index (χ4n) is 0.978. The van der Waals surface area contributed by atoms with E-state index in [1.807, 2.05) is 11.8 Å². The van der Waals surface area contributed by atoms with Crippen LogP contribution in [0.3, 0.4) is 0 Å². The van der Waals surface area contributed by atoms with Gasteiger partial charge in [0.15, 0.2) is 0 Å². The summed E-state index contributed by atoms with van der Waals surface area (Å²) in [6.45, 7) is 0. The van der Waals surface area contributed by atoms with Gasteiger partial charge in [0.2, 0.25) is 5.91 Å². The van der Waals surface area contributed by atoms with Gasteiger partial charge in [0.05, 0.1) is 4.21 Å². The first kappa shape index (κ1) is 11.6. The largest absolute Gasteiger partial charge is 0.294 e. The van der Waals surface area contributed by atoms with Crippen LogP contribution in [0.4, 0.5) is 0 Å². The van der Waals surface area contributed by atoms with Crippen LogP contribution in [0.5, 0.6) is 0 Å². The highest BCUT2D eigenvalue weighted by Gasteiger charge is 1.98. The monoisotopic (exact) mass is 230 g/mol. The second-order valence-corrected chi connectivity index (χ2v) is 5.15. The van der Waals surface area contributed by atoms with Crippen LogP contribution in [0.2, 0.25) is 0 Å². The maximum absolute atomic E-state index is 10.8. The summed E-state index contributed by atoms with van der Waals surface area (Å²) >= 11 is 3.60. The number of thioether (sulfide) groups is 1. The van der Waals surface area contributed by atoms with Gasteiger partial charge in [0.25, 0.3) is 0 Å². The van der Waals surface area contributed by atoms with Crippen molar-refractivity contribution in [1.82, 2.24) is 5.43 Å². The smallest absolute Gasteiger partial charge is 0.233 e. The van der Waals surface area contributed by atoms with E-state index >= 15 is 0 Å². The van der Waals surface area contributed by atoms with Gasteiger partial charge in [-0.3, -0.25) is 10.2 Å². The third-order valence-electron chi connectivity index (χ3n) is 1.70. The molecule has 1 aromatic heterocycles. The lowest BCUT2D eigenvalue weighted by molar-refractivity contribution is -0.121. The van der Waals surface area contributed by atoms with E-state index in [0.29, 0.717) is 6.42 Å². The van der Waals surface area contributed by atoms with E-state index in [0.717, 1.165) is 18.6 Å². The first-order valence-corrected chi connectivity index (χ1v) is 6.35. The highest BCUT2D eigenvalue weighted by atomic mass is 32.2. The van der Waals surface area contributed by atoms with Gasteiger partial charge in [0, 0.05) is 6.42 Å². The molecule has 1 aromatic rings. The average molecular weight is 230 g/mol. The van der Waals surface area contributed by atoms with Gasteiger partial charge in [-0.1, -0.05) is 6.07 Å². The molecule has 0 aliphatic carbocycles. The van der Waals surface area contributed by atoms with Crippen molar-refractivity contribution in [2.24, 2.45) is 5.84 Å². The van der Waals surface area contributed by atoms with Gasteiger partial charge >= 0.3 is 0 Å². The van der Waals surface area contributed by atoms with E-state index in [-0.39, 0.29) is 5.91 Å². The average Bonchev–Trinajstić information content (AvgIpc) is 2.69. The number of nitrogens with two attached hydrogens (primary N) is 1. The molecule has 0 aliphatic heterocycles. The van der Waals surface area contributed by atoms with E-state index in [2.05, 4.69) is 22.9 Å². The van der Waals surface area contributed by atoms with E-state index in [1.54, 1.807) is 11.3 Å². The molecule has 0 atom stereocenters. The highest BCUT2D eigenvalue weighted by molar-refractivity contribution is 8.01. The molecule has 0 radical (unpaired) electrons. The topological polar surface area (TPSA) is 55.1 Å². The van der Waals surface area contributed by atoms with Crippen molar-refractivity contribution in [2.75, 3.05) is 5.75 Å². The molecular weight excluding hydrogens is 216 g/mol. The van der Waals surface area contributed by atoms with Crippen LogP contribution in [-0.2, 0) is 4.79 Å². The predicted octanol–water partition coefficient (Wildman–Crippen LogP) is 2.00. The lowest BCUT2D eigenvalue weighted by Crippen LogP contribution is -2.29. The van der Waals surface area contributed by atoms with Crippen LogP contribution in [0, 0.1) is 0 Å². The molecule has 14 heavy (non-hydrogen) atoms. The summed E-state index contributed by atoms with van der Waals surface area (Å²) in [5.41, 5.74) is 2.13. The minimum atomic E-state index is -0.0777. The Labute approximate surface area is 92.0 Å². The number of hydrogen-bond donors (Lipinski definition) is 2. The fraction of sp³-hybridized carbons (Fsp3) is 0.444. The zero-order chi connectivity index (χ0) is 10.2. The Kier molecular flexibility index (Phi) is 5.66. The second kappa shape index (κ2) is 6.86. The molecule has 0 aromatic carbocycles. The highest BCUT2D eigenvalue weighted by Crippen LogP contribution is 2.24. The van der Waals surface area contributed by atoms with Crippen LogP contribution in [0.1, 0.15) is 19.3 Å². The third-order valence-corrected chi connectivity index (χ3v) is 3.92. The van der Waals surface area contributed by atoms with Gasteiger partial charge in [-0.05, 0) is 30.0 Å². The Morgan fingerprint density at radius 3 is 3.07 bits per heavy atom. The second-order valence-electron chi connectivity index (χ2n) is 2.81. The molecule has 0 fully saturated rings. The Balaban J connectivity index is 1.97. The number of unbranched alkanes of at least 4 members (excludes halogenated alkanes) is 1. The Bertz CT molecular complexity index is 262. The van der Waals surface area contributed by atoms with Gasteiger partial charge in [-0.15, -0.1) is 23.1 Å². The fourth-order valence-corrected chi connectivity index (χ4v) is 2.84. The van der Waals surface area contributed by atoms with Crippen LogP contribution < -0.4 is 11.3 Å². The van der Waals surface area contributed by atoms with E-state index in [9.17, 15) is 4.79 Å². The summed E-state index contributed by atoms with van der Waals surface area (Å²) in [6.07, 6.45) is 2.49. The third kappa shape index (κ3) is 4.64. The van der Waals surface area contributed by atoms with Crippen molar-refractivity contribution >= 4 is 29.0 Å². The van der Waals surface area contributed by atoms with Crippen molar-refractivity contribution in [3.8, 4) is 0 Å². The first-order chi connectivity index (χ1) is 6.83. The number of carbonyl (C=O) groups is 1. The molecule has 78 valence electrons. The molecule has 1 amide bonds. The van der Waals surface area contributed by atoms with Gasteiger partial charge in [-0.2, -0.15) is 0 Å². The normalized spacial score (nSPS) is 10.1. The molecule has 0 saturated heterocycles. The lowest BCUT2D eigenvalue weighted by atomic mass is 10.2. The summed E-state index contributed by atoms with van der Waals surface area (Å²) in [5.74, 6) is 5.95. The molecule has 0 saturated carbocycles. The maximum Gasteiger partial charge on any atom is 0.233 e. The molecule has 3 nitrogen and oxygen atoms in total. The summed E-state index contributed by atoms with van der Waals surface area (Å²) in [6, 6.07) is 4.16. The van der Waals surface area contributed by atoms with E-state index < -0.39 is 0 Å². The summed E-state index contributed by atoms with van der Waals surface area (Å²) < 4.78 is 1.34. The molecule has 0 unspecified atom stereocenters. The van der Waals surface area contributed by atoms with Crippen molar-refractivity contribution in [2.45, 2.75) is 23.5 Å². The SMILES string of the molecule is NNC(=O)CCCCSc1cccs1. The number of nitrogens with one attached hydrogen (secondary N) is 1. The molecule has 3 N–H and O–H groups in total. The summed E-state index contributed by atoms with van der Waals surface area (Å²) in [4.78, 5) is 10.8. The number of carbonyl (C=O) groups excluding carboxylic acids is 1. The number of hydrogen-bond acceptors (Lipinski definition) is 4. The molecule has 1 heterocycles. The predicted molar refractivity (Wildman–Crippen MR) is 61.2 cm³/mol. The van der Waals surface area contributed by atoms with E-state index in [4.69, 9.17) is 5.84 Å². The molecule has 1 rings (SSSR count). The molecule has 0 spiro atoms. The molecule has 5 heteroatoms. The molecule has 0 aliphatic rings. The number of thiophene rings is 1. The van der Waals surface area contributed by atoms with E-state index in [1.165, 1.54) is 4.21 Å². The van der Waals surface area contributed by atoms with Crippen LogP contribution in [-0.4, -0.2) is 11.7 Å². The zero-order valence-electron chi connectivity index (χ0n) is 7.86. The molecular formula is C9H14N2OS2. The maximum atomic E-state index is 10.8. The summed E-state index contributed by atoms with van der Waals surface area (Å²) in [7, 11) is 0. The first-order valence-electron chi connectivity index (χ1n) is 4.48. The van der Waals surface area contributed by atoms with Crippen molar-refractivity contribution in [3.05, 3.63) is 17.5 Å². The minimum absolute atomic E-state index is 0.0777. The zero-order valence-corrected chi connectivity index (χ0v) is 9.50. The van der Waals surface area contributed by atoms with Gasteiger partial charge in [-0.25, -0.2) is 5.84 Å². The van der Waals surface area contributed by atoms with Crippen molar-refractivity contribution in [3.63, 3.8) is 0 Å². The summed E-state index contributed by atoms with van der Waals surface area (Å²) in [5, 5.41) is 2.07. The number of rotatable bonds is 6. The number of hydrazine groups is 1. The Morgan fingerprint density at radius 1 is 1.57 bits per heavy atom. The molecule has 0 bridgehead atoms. The van der Waals surface area contributed by atoms with Crippen molar-refractivity contribution in [1.29, 1.82) is 0 Å². The van der Waals surface area contributed by atoms with Crippen LogP contribution in [0.15, 0.2) is 21.7 Å². The Morgan fingerprint density at radius 2 is 2.43 bits per heavy atom. The van der Waals surface area contributed by atoms with Crippen LogP contribution in [0.25, 0.3) is 0 Å². The number of amides is 1. The Hall–Kier alpha value is -0.520. The minimum Gasteiger partial charge on any atom is -0.294 e. The van der Waals surface area contributed by atoms with Crippen molar-refractivity contribution < 1.29 is 4.79 Å². The van der Waals surface area contributed by atoms with Gasteiger partial charge in [0.1, 0.15) is 0 Å². The van der Waals surface area contributed by atoms with Gasteiger partial charge < -0.3 is 0 Å². The lowest BCUT2D eigenvalue weighted by Gasteiger charge is -1.99. The quantitative estimate of drug-likeness (QED) is 0.258. The van der Waals surface area contributed by atoms with Crippen LogP contribution >= 0.6 is 23.1 Å². The standard InChI is InChI=1S/C9H14N2OS2/c10-11-8(12)4-1-2-6-13-9-5-3-7-14-9/h3,5,7H,1-2,4,6,10H2,(H,11,12).